The first-order chi connectivity index (χ1) is 13.6. The van der Waals surface area contributed by atoms with Gasteiger partial charge in [0, 0.05) is 12.2 Å². The Morgan fingerprint density at radius 2 is 1.75 bits per heavy atom. The van der Waals surface area contributed by atoms with E-state index in [2.05, 4.69) is 15.7 Å². The molecule has 2 aromatic carbocycles. The Morgan fingerprint density at radius 3 is 2.43 bits per heavy atom. The lowest BCUT2D eigenvalue weighted by molar-refractivity contribution is 0.0951. The summed E-state index contributed by atoms with van der Waals surface area (Å²) in [5.41, 5.74) is 6.76. The topological polar surface area (TPSA) is 89.3 Å². The molecule has 6 nitrogen and oxygen atoms in total. The lowest BCUT2D eigenvalue weighted by Gasteiger charge is -2.12. The molecule has 1 aromatic heterocycles. The maximum Gasteiger partial charge on any atom is 0.255 e. The van der Waals surface area contributed by atoms with E-state index in [0.717, 1.165) is 28.1 Å². The SMILES string of the molecule is Cc1cc(C(=O)NCc2ccc(OCc3ccccc3)cc2)c(NN)nc1C. The number of nitrogens with two attached hydrogens (primary N) is 1. The summed E-state index contributed by atoms with van der Waals surface area (Å²) in [6, 6.07) is 19.4. The van der Waals surface area contributed by atoms with Crippen LogP contribution in [0.1, 0.15) is 32.7 Å². The normalized spacial score (nSPS) is 10.4. The highest BCUT2D eigenvalue weighted by Crippen LogP contribution is 2.17. The van der Waals surface area contributed by atoms with E-state index in [1.54, 1.807) is 6.07 Å². The second kappa shape index (κ2) is 9.01. The molecular formula is C22H24N4O2. The number of anilines is 1. The molecule has 0 spiro atoms. The van der Waals surface area contributed by atoms with E-state index in [9.17, 15) is 4.79 Å². The maximum absolute atomic E-state index is 12.5. The minimum atomic E-state index is -0.229. The van der Waals surface area contributed by atoms with Crippen molar-refractivity contribution in [1.29, 1.82) is 0 Å². The Balaban J connectivity index is 1.57. The number of nitrogens with one attached hydrogen (secondary N) is 2. The summed E-state index contributed by atoms with van der Waals surface area (Å²) in [6.45, 7) is 4.70. The molecule has 28 heavy (non-hydrogen) atoms. The Morgan fingerprint density at radius 1 is 1.04 bits per heavy atom. The van der Waals surface area contributed by atoms with Gasteiger partial charge in [0.25, 0.3) is 5.91 Å². The summed E-state index contributed by atoms with van der Waals surface area (Å²) < 4.78 is 5.78. The summed E-state index contributed by atoms with van der Waals surface area (Å²) >= 11 is 0. The number of aryl methyl sites for hydroxylation is 2. The Labute approximate surface area is 164 Å². The van der Waals surface area contributed by atoms with Crippen molar-refractivity contribution >= 4 is 11.7 Å². The van der Waals surface area contributed by atoms with Gasteiger partial charge in [-0.15, -0.1) is 0 Å². The number of aromatic nitrogens is 1. The van der Waals surface area contributed by atoms with Crippen molar-refractivity contribution in [2.24, 2.45) is 5.84 Å². The summed E-state index contributed by atoms with van der Waals surface area (Å²) in [7, 11) is 0. The lowest BCUT2D eigenvalue weighted by Crippen LogP contribution is -2.25. The smallest absolute Gasteiger partial charge is 0.255 e. The number of nitrogen functional groups attached to an aromatic ring is 1. The maximum atomic E-state index is 12.5. The fourth-order valence-corrected chi connectivity index (χ4v) is 2.71. The molecule has 6 heteroatoms. The van der Waals surface area contributed by atoms with Gasteiger partial charge in [0.15, 0.2) is 5.82 Å². The van der Waals surface area contributed by atoms with E-state index in [1.807, 2.05) is 68.4 Å². The zero-order valence-corrected chi connectivity index (χ0v) is 16.0. The van der Waals surface area contributed by atoms with Crippen LogP contribution in [0.3, 0.4) is 0 Å². The van der Waals surface area contributed by atoms with Crippen LogP contribution in [0.5, 0.6) is 5.75 Å². The molecule has 1 heterocycles. The quantitative estimate of drug-likeness (QED) is 0.434. The number of pyridine rings is 1. The third kappa shape index (κ3) is 4.86. The highest BCUT2D eigenvalue weighted by molar-refractivity contribution is 5.98. The van der Waals surface area contributed by atoms with Crippen LogP contribution in [0.4, 0.5) is 5.82 Å². The number of nitrogens with zero attached hydrogens (tertiary/aromatic N) is 1. The number of rotatable bonds is 7. The zero-order chi connectivity index (χ0) is 19.9. The van der Waals surface area contributed by atoms with Crippen LogP contribution in [0, 0.1) is 13.8 Å². The zero-order valence-electron chi connectivity index (χ0n) is 16.0. The van der Waals surface area contributed by atoms with E-state index in [0.29, 0.717) is 24.5 Å². The predicted molar refractivity (Wildman–Crippen MR) is 110 cm³/mol. The molecule has 3 aromatic rings. The average molecular weight is 376 g/mol. The predicted octanol–water partition coefficient (Wildman–Crippen LogP) is 3.49. The minimum absolute atomic E-state index is 0.229. The van der Waals surface area contributed by atoms with Gasteiger partial charge in [-0.25, -0.2) is 10.8 Å². The fraction of sp³-hybridized carbons (Fsp3) is 0.182. The molecule has 4 N–H and O–H groups in total. The van der Waals surface area contributed by atoms with Crippen LogP contribution in [-0.4, -0.2) is 10.9 Å². The van der Waals surface area contributed by atoms with Crippen LogP contribution >= 0.6 is 0 Å². The largest absolute Gasteiger partial charge is 0.489 e. The van der Waals surface area contributed by atoms with Gasteiger partial charge >= 0.3 is 0 Å². The molecule has 0 aliphatic rings. The van der Waals surface area contributed by atoms with Gasteiger partial charge in [-0.2, -0.15) is 0 Å². The molecule has 0 atom stereocenters. The highest BCUT2D eigenvalue weighted by Gasteiger charge is 2.14. The number of hydrogen-bond acceptors (Lipinski definition) is 5. The van der Waals surface area contributed by atoms with Crippen LogP contribution < -0.4 is 21.3 Å². The molecule has 144 valence electrons. The number of benzene rings is 2. The standard InChI is InChI=1S/C22H24N4O2/c1-15-12-20(21(26-23)25-16(15)2)22(27)24-13-17-8-10-19(11-9-17)28-14-18-6-4-3-5-7-18/h3-12H,13-14,23H2,1-2H3,(H,24,27)(H,25,26). The summed E-state index contributed by atoms with van der Waals surface area (Å²) in [6.07, 6.45) is 0. The van der Waals surface area contributed by atoms with Gasteiger partial charge < -0.3 is 15.5 Å². The van der Waals surface area contributed by atoms with Gasteiger partial charge in [-0.3, -0.25) is 4.79 Å². The van der Waals surface area contributed by atoms with Crippen molar-refractivity contribution in [2.75, 3.05) is 5.43 Å². The summed E-state index contributed by atoms with van der Waals surface area (Å²) in [5.74, 6) is 6.42. The van der Waals surface area contributed by atoms with Gasteiger partial charge in [-0.1, -0.05) is 42.5 Å². The number of ether oxygens (including phenoxy) is 1. The average Bonchev–Trinajstić information content (AvgIpc) is 2.73. The van der Waals surface area contributed by atoms with Crippen LogP contribution in [0.15, 0.2) is 60.7 Å². The van der Waals surface area contributed by atoms with Gasteiger partial charge in [0.05, 0.1) is 5.56 Å². The second-order valence-electron chi connectivity index (χ2n) is 6.53. The number of amides is 1. The summed E-state index contributed by atoms with van der Waals surface area (Å²) in [4.78, 5) is 16.8. The highest BCUT2D eigenvalue weighted by atomic mass is 16.5. The van der Waals surface area contributed by atoms with Gasteiger partial charge in [0.1, 0.15) is 12.4 Å². The monoisotopic (exact) mass is 376 g/mol. The van der Waals surface area contributed by atoms with Crippen molar-refractivity contribution in [2.45, 2.75) is 27.0 Å². The molecule has 0 bridgehead atoms. The first-order valence-corrected chi connectivity index (χ1v) is 9.05. The molecule has 0 aliphatic carbocycles. The van der Waals surface area contributed by atoms with E-state index in [1.165, 1.54) is 0 Å². The summed E-state index contributed by atoms with van der Waals surface area (Å²) in [5, 5.41) is 2.90. The van der Waals surface area contributed by atoms with Crippen molar-refractivity contribution in [3.8, 4) is 5.75 Å². The second-order valence-corrected chi connectivity index (χ2v) is 6.53. The van der Waals surface area contributed by atoms with Crippen molar-refractivity contribution in [1.82, 2.24) is 10.3 Å². The van der Waals surface area contributed by atoms with Gasteiger partial charge in [0.2, 0.25) is 0 Å². The molecule has 1 amide bonds. The Kier molecular flexibility index (Phi) is 6.24. The van der Waals surface area contributed by atoms with Crippen LogP contribution in [-0.2, 0) is 13.2 Å². The van der Waals surface area contributed by atoms with Crippen molar-refractivity contribution in [3.05, 3.63) is 88.6 Å². The first-order valence-electron chi connectivity index (χ1n) is 9.05. The third-order valence-corrected chi connectivity index (χ3v) is 4.47. The third-order valence-electron chi connectivity index (χ3n) is 4.47. The van der Waals surface area contributed by atoms with E-state index in [-0.39, 0.29) is 5.91 Å². The molecule has 0 unspecified atom stereocenters. The van der Waals surface area contributed by atoms with Crippen molar-refractivity contribution in [3.63, 3.8) is 0 Å². The van der Waals surface area contributed by atoms with E-state index >= 15 is 0 Å². The van der Waals surface area contributed by atoms with Crippen molar-refractivity contribution < 1.29 is 9.53 Å². The molecule has 0 radical (unpaired) electrons. The number of hydrogen-bond donors (Lipinski definition) is 3. The minimum Gasteiger partial charge on any atom is -0.489 e. The number of carbonyl (C=O) groups is 1. The Hall–Kier alpha value is -3.38. The Bertz CT molecular complexity index is 941. The fourth-order valence-electron chi connectivity index (χ4n) is 2.71. The molecule has 0 saturated heterocycles. The lowest BCUT2D eigenvalue weighted by atomic mass is 10.1. The first kappa shape index (κ1) is 19.4. The van der Waals surface area contributed by atoms with Gasteiger partial charge in [-0.05, 0) is 48.7 Å². The molecule has 0 saturated carbocycles. The van der Waals surface area contributed by atoms with Crippen LogP contribution in [0.25, 0.3) is 0 Å². The van der Waals surface area contributed by atoms with E-state index in [4.69, 9.17) is 10.6 Å². The molecule has 3 rings (SSSR count). The molecule has 0 aliphatic heterocycles. The molecular weight excluding hydrogens is 352 g/mol. The molecule has 0 fully saturated rings. The van der Waals surface area contributed by atoms with E-state index < -0.39 is 0 Å². The number of hydrazine groups is 1. The van der Waals surface area contributed by atoms with Crippen LogP contribution in [0.2, 0.25) is 0 Å². The number of carbonyl (C=O) groups excluding carboxylic acids is 1.